The third-order valence-electron chi connectivity index (χ3n) is 3.28. The SMILES string of the molecule is CCn1ncnc1[C@@H](C)NC(=O)Nc1cccc2n[nH]nc12. The maximum atomic E-state index is 12.1. The molecule has 9 heteroatoms. The fourth-order valence-corrected chi connectivity index (χ4v) is 2.24. The van der Waals surface area contributed by atoms with E-state index in [0.29, 0.717) is 29.1 Å². The molecule has 3 aromatic rings. The molecule has 0 aliphatic carbocycles. The number of carbonyl (C=O) groups excluding carboxylic acids is 1. The summed E-state index contributed by atoms with van der Waals surface area (Å²) in [6.07, 6.45) is 1.48. The van der Waals surface area contributed by atoms with Gasteiger partial charge >= 0.3 is 6.03 Å². The smallest absolute Gasteiger partial charge is 0.319 e. The summed E-state index contributed by atoms with van der Waals surface area (Å²) in [5.41, 5.74) is 1.89. The van der Waals surface area contributed by atoms with Gasteiger partial charge in [0.15, 0.2) is 0 Å². The average molecular weight is 300 g/mol. The van der Waals surface area contributed by atoms with E-state index in [4.69, 9.17) is 0 Å². The van der Waals surface area contributed by atoms with Crippen LogP contribution in [0.15, 0.2) is 24.5 Å². The van der Waals surface area contributed by atoms with Crippen molar-refractivity contribution in [2.45, 2.75) is 26.4 Å². The van der Waals surface area contributed by atoms with Gasteiger partial charge in [-0.05, 0) is 26.0 Å². The van der Waals surface area contributed by atoms with E-state index in [1.54, 1.807) is 16.8 Å². The number of urea groups is 1. The summed E-state index contributed by atoms with van der Waals surface area (Å²) in [4.78, 5) is 16.3. The van der Waals surface area contributed by atoms with E-state index in [9.17, 15) is 4.79 Å². The van der Waals surface area contributed by atoms with E-state index in [0.717, 1.165) is 0 Å². The summed E-state index contributed by atoms with van der Waals surface area (Å²) >= 11 is 0. The van der Waals surface area contributed by atoms with Crippen molar-refractivity contribution in [3.8, 4) is 0 Å². The summed E-state index contributed by atoms with van der Waals surface area (Å²) in [5, 5.41) is 20.2. The van der Waals surface area contributed by atoms with Crippen LogP contribution in [0.2, 0.25) is 0 Å². The van der Waals surface area contributed by atoms with Crippen LogP contribution < -0.4 is 10.6 Å². The van der Waals surface area contributed by atoms with E-state index in [1.807, 2.05) is 19.9 Å². The number of aromatic amines is 1. The molecule has 2 amide bonds. The van der Waals surface area contributed by atoms with Gasteiger partial charge in [-0.25, -0.2) is 14.5 Å². The molecule has 1 atom stereocenters. The van der Waals surface area contributed by atoms with Crippen molar-refractivity contribution >= 4 is 22.8 Å². The molecule has 0 saturated heterocycles. The summed E-state index contributed by atoms with van der Waals surface area (Å²) in [7, 11) is 0. The highest BCUT2D eigenvalue weighted by molar-refractivity contribution is 5.98. The lowest BCUT2D eigenvalue weighted by molar-refractivity contribution is 0.248. The van der Waals surface area contributed by atoms with Gasteiger partial charge in [0, 0.05) is 6.54 Å². The van der Waals surface area contributed by atoms with Gasteiger partial charge < -0.3 is 10.6 Å². The highest BCUT2D eigenvalue weighted by Crippen LogP contribution is 2.18. The molecule has 0 aliphatic heterocycles. The van der Waals surface area contributed by atoms with Crippen LogP contribution in [-0.4, -0.2) is 36.2 Å². The Balaban J connectivity index is 1.71. The second-order valence-corrected chi connectivity index (χ2v) is 4.75. The van der Waals surface area contributed by atoms with Crippen LogP contribution in [0.3, 0.4) is 0 Å². The zero-order valence-electron chi connectivity index (χ0n) is 12.2. The van der Waals surface area contributed by atoms with E-state index in [1.165, 1.54) is 6.33 Å². The predicted octanol–water partition coefficient (Wildman–Crippen LogP) is 1.45. The Labute approximate surface area is 126 Å². The van der Waals surface area contributed by atoms with Crippen LogP contribution >= 0.6 is 0 Å². The van der Waals surface area contributed by atoms with Crippen molar-refractivity contribution in [3.63, 3.8) is 0 Å². The van der Waals surface area contributed by atoms with Gasteiger partial charge in [-0.3, -0.25) is 0 Å². The topological polar surface area (TPSA) is 113 Å². The minimum atomic E-state index is -0.339. The molecule has 0 fully saturated rings. The van der Waals surface area contributed by atoms with Crippen molar-refractivity contribution in [1.29, 1.82) is 0 Å². The zero-order valence-corrected chi connectivity index (χ0v) is 12.2. The number of nitrogens with zero attached hydrogens (tertiary/aromatic N) is 5. The highest BCUT2D eigenvalue weighted by atomic mass is 16.2. The van der Waals surface area contributed by atoms with E-state index in [2.05, 4.69) is 36.1 Å². The number of anilines is 1. The minimum Gasteiger partial charge on any atom is -0.328 e. The Morgan fingerprint density at radius 2 is 2.27 bits per heavy atom. The lowest BCUT2D eigenvalue weighted by atomic mass is 10.2. The molecule has 114 valence electrons. The van der Waals surface area contributed by atoms with E-state index < -0.39 is 0 Å². The number of amides is 2. The van der Waals surface area contributed by atoms with E-state index >= 15 is 0 Å². The quantitative estimate of drug-likeness (QED) is 0.675. The molecule has 2 aromatic heterocycles. The summed E-state index contributed by atoms with van der Waals surface area (Å²) in [6, 6.07) is 4.78. The second-order valence-electron chi connectivity index (χ2n) is 4.75. The maximum Gasteiger partial charge on any atom is 0.319 e. The van der Waals surface area contributed by atoms with Crippen molar-refractivity contribution in [2.75, 3.05) is 5.32 Å². The second kappa shape index (κ2) is 5.80. The summed E-state index contributed by atoms with van der Waals surface area (Å²) in [6.45, 7) is 4.52. The molecule has 0 saturated carbocycles. The van der Waals surface area contributed by atoms with Crippen molar-refractivity contribution in [2.24, 2.45) is 0 Å². The molecule has 22 heavy (non-hydrogen) atoms. The molecule has 0 spiro atoms. The van der Waals surface area contributed by atoms with Crippen LogP contribution in [0, 0.1) is 0 Å². The van der Waals surface area contributed by atoms with Crippen molar-refractivity contribution in [1.82, 2.24) is 35.5 Å². The number of hydrogen-bond donors (Lipinski definition) is 3. The lowest BCUT2D eigenvalue weighted by Gasteiger charge is -2.14. The Bertz CT molecular complexity index is 792. The predicted molar refractivity (Wildman–Crippen MR) is 80.2 cm³/mol. The number of para-hydroxylation sites is 1. The van der Waals surface area contributed by atoms with Crippen LogP contribution in [-0.2, 0) is 6.54 Å². The Morgan fingerprint density at radius 1 is 1.41 bits per heavy atom. The number of nitrogens with one attached hydrogen (secondary N) is 3. The Morgan fingerprint density at radius 3 is 3.09 bits per heavy atom. The zero-order chi connectivity index (χ0) is 15.5. The molecule has 3 N–H and O–H groups in total. The lowest BCUT2D eigenvalue weighted by Crippen LogP contribution is -2.32. The van der Waals surface area contributed by atoms with Gasteiger partial charge in [-0.15, -0.1) is 0 Å². The van der Waals surface area contributed by atoms with Gasteiger partial charge in [-0.2, -0.15) is 20.5 Å². The highest BCUT2D eigenvalue weighted by Gasteiger charge is 2.16. The molecule has 2 heterocycles. The van der Waals surface area contributed by atoms with Gasteiger partial charge in [-0.1, -0.05) is 6.07 Å². The number of benzene rings is 1. The fourth-order valence-electron chi connectivity index (χ4n) is 2.24. The third kappa shape index (κ3) is 2.60. The molecule has 3 rings (SSSR count). The number of carbonyl (C=O) groups is 1. The van der Waals surface area contributed by atoms with Crippen molar-refractivity contribution in [3.05, 3.63) is 30.4 Å². The van der Waals surface area contributed by atoms with E-state index in [-0.39, 0.29) is 12.1 Å². The largest absolute Gasteiger partial charge is 0.328 e. The summed E-state index contributed by atoms with van der Waals surface area (Å²) < 4.78 is 1.74. The van der Waals surface area contributed by atoms with Gasteiger partial charge in [0.1, 0.15) is 23.2 Å². The number of fused-ring (bicyclic) bond motifs is 1. The standard InChI is InChI=1S/C13H16N8O/c1-3-21-12(14-7-15-21)8(2)16-13(22)17-9-5-4-6-10-11(9)19-20-18-10/h4-8H,3H2,1-2H3,(H2,16,17,22)(H,18,19,20)/t8-/m1/s1. The van der Waals surface area contributed by atoms with Crippen LogP contribution in [0.25, 0.3) is 11.0 Å². The van der Waals surface area contributed by atoms with Crippen molar-refractivity contribution < 1.29 is 4.79 Å². The first-order chi connectivity index (χ1) is 10.7. The van der Waals surface area contributed by atoms with Gasteiger partial charge in [0.2, 0.25) is 0 Å². The third-order valence-corrected chi connectivity index (χ3v) is 3.28. The van der Waals surface area contributed by atoms with Crippen LogP contribution in [0.4, 0.5) is 10.5 Å². The van der Waals surface area contributed by atoms with Crippen LogP contribution in [0.5, 0.6) is 0 Å². The first kappa shape index (κ1) is 14.0. The normalized spacial score (nSPS) is 12.3. The summed E-state index contributed by atoms with van der Waals surface area (Å²) in [5.74, 6) is 0.706. The number of aryl methyl sites for hydroxylation is 1. The monoisotopic (exact) mass is 300 g/mol. The maximum absolute atomic E-state index is 12.1. The Kier molecular flexibility index (Phi) is 3.69. The average Bonchev–Trinajstić information content (AvgIpc) is 3.16. The van der Waals surface area contributed by atoms with Crippen LogP contribution in [0.1, 0.15) is 25.7 Å². The molecule has 9 nitrogen and oxygen atoms in total. The molecule has 0 radical (unpaired) electrons. The van der Waals surface area contributed by atoms with Gasteiger partial charge in [0.05, 0.1) is 11.7 Å². The first-order valence-electron chi connectivity index (χ1n) is 6.93. The number of hydrogen-bond acceptors (Lipinski definition) is 5. The number of H-pyrrole nitrogens is 1. The molecule has 0 aliphatic rings. The van der Waals surface area contributed by atoms with Gasteiger partial charge in [0.25, 0.3) is 0 Å². The molecule has 1 aromatic carbocycles. The molecular weight excluding hydrogens is 284 g/mol. The number of rotatable bonds is 4. The molecule has 0 bridgehead atoms. The fraction of sp³-hybridized carbons (Fsp3) is 0.308. The molecule has 0 unspecified atom stereocenters. The number of aromatic nitrogens is 6. The Hall–Kier alpha value is -2.97. The first-order valence-corrected chi connectivity index (χ1v) is 6.93. The molecular formula is C13H16N8O. The minimum absolute atomic E-state index is 0.265.